The lowest BCUT2D eigenvalue weighted by molar-refractivity contribution is -0.150. The molecule has 0 saturated heterocycles. The average molecular weight is 305 g/mol. The van der Waals surface area contributed by atoms with Crippen molar-refractivity contribution >= 4 is 12.1 Å². The van der Waals surface area contributed by atoms with Gasteiger partial charge in [0.05, 0.1) is 0 Å². The molecule has 1 N–H and O–H groups in total. The Labute approximate surface area is 130 Å². The summed E-state index contributed by atoms with van der Waals surface area (Å²) in [6, 6.07) is 9.36. The Hall–Kier alpha value is -2.04. The van der Waals surface area contributed by atoms with E-state index in [2.05, 4.69) is 0 Å². The molecule has 1 atom stereocenters. The maximum absolute atomic E-state index is 12.3. The highest BCUT2D eigenvalue weighted by Crippen LogP contribution is 2.39. The third-order valence-electron chi connectivity index (χ3n) is 4.18. The van der Waals surface area contributed by atoms with Gasteiger partial charge in [-0.05, 0) is 31.7 Å². The molecule has 0 spiro atoms. The van der Waals surface area contributed by atoms with Crippen LogP contribution < -0.4 is 0 Å². The fourth-order valence-electron chi connectivity index (χ4n) is 2.67. The van der Waals surface area contributed by atoms with Gasteiger partial charge in [0.1, 0.15) is 12.1 Å². The molecule has 120 valence electrons. The first-order chi connectivity index (χ1) is 10.5. The summed E-state index contributed by atoms with van der Waals surface area (Å²) in [7, 11) is 0. The van der Waals surface area contributed by atoms with Crippen LogP contribution in [0.4, 0.5) is 4.79 Å². The van der Waals surface area contributed by atoms with Crippen molar-refractivity contribution < 1.29 is 19.4 Å². The van der Waals surface area contributed by atoms with E-state index in [-0.39, 0.29) is 6.61 Å². The lowest BCUT2D eigenvalue weighted by Crippen LogP contribution is -2.55. The third-order valence-corrected chi connectivity index (χ3v) is 4.18. The van der Waals surface area contributed by atoms with Crippen molar-refractivity contribution in [1.82, 2.24) is 4.90 Å². The Kier molecular flexibility index (Phi) is 5.06. The van der Waals surface area contributed by atoms with Crippen molar-refractivity contribution in [2.75, 3.05) is 6.54 Å². The molecule has 0 aliphatic heterocycles. The zero-order valence-corrected chi connectivity index (χ0v) is 13.1. The molecule has 1 saturated carbocycles. The zero-order chi connectivity index (χ0) is 16.2. The maximum atomic E-state index is 12.3. The van der Waals surface area contributed by atoms with Crippen LogP contribution >= 0.6 is 0 Å². The lowest BCUT2D eigenvalue weighted by Gasteiger charge is -2.36. The van der Waals surface area contributed by atoms with Gasteiger partial charge in [-0.2, -0.15) is 0 Å². The van der Waals surface area contributed by atoms with E-state index < -0.39 is 17.6 Å². The fraction of sp³-hybridized carbons (Fsp3) is 0.529. The first-order valence-corrected chi connectivity index (χ1v) is 7.69. The van der Waals surface area contributed by atoms with Crippen LogP contribution in [0.25, 0.3) is 0 Å². The topological polar surface area (TPSA) is 66.8 Å². The quantitative estimate of drug-likeness (QED) is 0.839. The average Bonchev–Trinajstić information content (AvgIpc) is 3.30. The van der Waals surface area contributed by atoms with Gasteiger partial charge in [-0.25, -0.2) is 9.59 Å². The van der Waals surface area contributed by atoms with E-state index in [1.165, 1.54) is 4.90 Å². The monoisotopic (exact) mass is 305 g/mol. The van der Waals surface area contributed by atoms with Gasteiger partial charge < -0.3 is 9.84 Å². The van der Waals surface area contributed by atoms with E-state index in [9.17, 15) is 14.7 Å². The number of carbonyl (C=O) groups is 2. The molecule has 22 heavy (non-hydrogen) atoms. The predicted octanol–water partition coefficient (Wildman–Crippen LogP) is 3.29. The molecule has 1 aliphatic rings. The summed E-state index contributed by atoms with van der Waals surface area (Å²) in [4.78, 5) is 25.4. The number of nitrogens with zero attached hydrogens (tertiary/aromatic N) is 1. The minimum absolute atomic E-state index is 0.148. The van der Waals surface area contributed by atoms with Crippen LogP contribution in [0.15, 0.2) is 30.3 Å². The van der Waals surface area contributed by atoms with Crippen LogP contribution in [0.2, 0.25) is 0 Å². The molecule has 0 bridgehead atoms. The van der Waals surface area contributed by atoms with Gasteiger partial charge in [-0.15, -0.1) is 0 Å². The number of aliphatic carboxylic acids is 1. The summed E-state index contributed by atoms with van der Waals surface area (Å²) in [5, 5.41) is 9.60. The summed E-state index contributed by atoms with van der Waals surface area (Å²) in [5.74, 6) is -0.574. The molecule has 1 unspecified atom stereocenters. The number of rotatable bonds is 7. The van der Waals surface area contributed by atoms with E-state index in [0.29, 0.717) is 18.9 Å². The van der Waals surface area contributed by atoms with Crippen LogP contribution in [-0.4, -0.2) is 34.2 Å². The molecule has 1 aromatic rings. The summed E-state index contributed by atoms with van der Waals surface area (Å²) < 4.78 is 5.30. The Morgan fingerprint density at radius 3 is 2.45 bits per heavy atom. The van der Waals surface area contributed by atoms with E-state index in [1.807, 2.05) is 30.3 Å². The molecule has 5 nitrogen and oxygen atoms in total. The highest BCUT2D eigenvalue weighted by atomic mass is 16.6. The van der Waals surface area contributed by atoms with E-state index in [1.54, 1.807) is 13.8 Å². The first kappa shape index (κ1) is 16.3. The number of likely N-dealkylation sites (N-methyl/N-ethyl adjacent to an activating group) is 1. The molecule has 0 radical (unpaired) electrons. The number of carboxylic acids is 1. The highest BCUT2D eigenvalue weighted by Gasteiger charge is 2.46. The summed E-state index contributed by atoms with van der Waals surface area (Å²) in [6.45, 7) is 3.84. The maximum Gasteiger partial charge on any atom is 0.411 e. The van der Waals surface area contributed by atoms with Crippen LogP contribution in [0.3, 0.4) is 0 Å². The van der Waals surface area contributed by atoms with Crippen molar-refractivity contribution in [1.29, 1.82) is 0 Å². The summed E-state index contributed by atoms with van der Waals surface area (Å²) >= 11 is 0. The van der Waals surface area contributed by atoms with Crippen LogP contribution in [0.5, 0.6) is 0 Å². The Bertz CT molecular complexity index is 527. The molecule has 0 aromatic heterocycles. The Morgan fingerprint density at radius 1 is 1.32 bits per heavy atom. The highest BCUT2D eigenvalue weighted by molar-refractivity contribution is 5.84. The van der Waals surface area contributed by atoms with Crippen molar-refractivity contribution in [2.24, 2.45) is 5.92 Å². The number of amides is 1. The number of benzene rings is 1. The minimum atomic E-state index is -1.20. The number of carbonyl (C=O) groups excluding carboxylic acids is 1. The SMILES string of the molecule is CCN(C(=O)OCc1ccccc1)C(C)(CC1CC1)C(=O)O. The second-order valence-electron chi connectivity index (χ2n) is 6.01. The second-order valence-corrected chi connectivity index (χ2v) is 6.01. The van der Waals surface area contributed by atoms with Gasteiger partial charge in [-0.1, -0.05) is 43.2 Å². The number of carboxylic acid groups (broad SMARTS) is 1. The van der Waals surface area contributed by atoms with Crippen molar-refractivity contribution in [3.8, 4) is 0 Å². The van der Waals surface area contributed by atoms with E-state index in [0.717, 1.165) is 18.4 Å². The van der Waals surface area contributed by atoms with Crippen molar-refractivity contribution in [2.45, 2.75) is 45.3 Å². The predicted molar refractivity (Wildman–Crippen MR) is 82.4 cm³/mol. The molecule has 0 heterocycles. The molecule has 1 fully saturated rings. The summed E-state index contributed by atoms with van der Waals surface area (Å²) in [5.41, 5.74) is -0.324. The first-order valence-electron chi connectivity index (χ1n) is 7.69. The van der Waals surface area contributed by atoms with Crippen LogP contribution in [-0.2, 0) is 16.1 Å². The molecule has 5 heteroatoms. The van der Waals surface area contributed by atoms with Gasteiger partial charge in [0.25, 0.3) is 0 Å². The zero-order valence-electron chi connectivity index (χ0n) is 13.1. The van der Waals surface area contributed by atoms with Crippen molar-refractivity contribution in [3.63, 3.8) is 0 Å². The minimum Gasteiger partial charge on any atom is -0.480 e. The Balaban J connectivity index is 2.04. The Morgan fingerprint density at radius 2 is 1.95 bits per heavy atom. The lowest BCUT2D eigenvalue weighted by atomic mass is 9.93. The largest absolute Gasteiger partial charge is 0.480 e. The molecule has 1 aliphatic carbocycles. The molecular weight excluding hydrogens is 282 g/mol. The van der Waals surface area contributed by atoms with Crippen LogP contribution in [0, 0.1) is 5.92 Å². The summed E-state index contributed by atoms with van der Waals surface area (Å²) in [6.07, 6.45) is 1.99. The van der Waals surface area contributed by atoms with Gasteiger partial charge in [0, 0.05) is 6.54 Å². The molecule has 1 amide bonds. The second kappa shape index (κ2) is 6.81. The van der Waals surface area contributed by atoms with E-state index in [4.69, 9.17) is 4.74 Å². The molecule has 2 rings (SSSR count). The van der Waals surface area contributed by atoms with Gasteiger partial charge in [0.15, 0.2) is 0 Å². The number of hydrogen-bond acceptors (Lipinski definition) is 3. The van der Waals surface area contributed by atoms with Gasteiger partial charge in [0.2, 0.25) is 0 Å². The third kappa shape index (κ3) is 3.78. The molecule has 1 aromatic carbocycles. The van der Waals surface area contributed by atoms with Crippen LogP contribution in [0.1, 0.15) is 38.7 Å². The molecular formula is C17H23NO4. The number of ether oxygens (including phenoxy) is 1. The number of hydrogen-bond donors (Lipinski definition) is 1. The standard InChI is InChI=1S/C17H23NO4/c1-3-18(17(2,15(19)20)11-13-9-10-13)16(21)22-12-14-7-5-4-6-8-14/h4-8,13H,3,9-12H2,1-2H3,(H,19,20). The van der Waals surface area contributed by atoms with Crippen molar-refractivity contribution in [3.05, 3.63) is 35.9 Å². The smallest absolute Gasteiger partial charge is 0.411 e. The van der Waals surface area contributed by atoms with E-state index >= 15 is 0 Å². The van der Waals surface area contributed by atoms with Gasteiger partial charge in [-0.3, -0.25) is 4.90 Å². The normalized spacial score (nSPS) is 16.6. The fourth-order valence-corrected chi connectivity index (χ4v) is 2.67. The van der Waals surface area contributed by atoms with Gasteiger partial charge >= 0.3 is 12.1 Å².